The fourth-order valence-electron chi connectivity index (χ4n) is 3.07. The molecule has 0 bridgehead atoms. The van der Waals surface area contributed by atoms with Gasteiger partial charge >= 0.3 is 0 Å². The Balaban J connectivity index is 1.58. The van der Waals surface area contributed by atoms with Crippen molar-refractivity contribution < 1.29 is 9.59 Å². The minimum Gasteiger partial charge on any atom is -0.353 e. The van der Waals surface area contributed by atoms with Crippen LogP contribution in [-0.4, -0.2) is 65.4 Å². The maximum Gasteiger partial charge on any atom is 0.270 e. The molecule has 2 amide bonds. The molecular formula is C18H23ClN4O2. The van der Waals surface area contributed by atoms with Crippen LogP contribution in [0.15, 0.2) is 24.3 Å². The summed E-state index contributed by atoms with van der Waals surface area (Å²) in [4.78, 5) is 31.6. The highest BCUT2D eigenvalue weighted by Crippen LogP contribution is 2.21. The molecule has 7 heteroatoms. The Hall–Kier alpha value is -2.05. The molecule has 134 valence electrons. The van der Waals surface area contributed by atoms with Crippen molar-refractivity contribution >= 4 is 34.3 Å². The van der Waals surface area contributed by atoms with Crippen molar-refractivity contribution in [1.29, 1.82) is 0 Å². The highest BCUT2D eigenvalue weighted by molar-refractivity contribution is 6.31. The number of hydrogen-bond donors (Lipinski definition) is 2. The zero-order valence-corrected chi connectivity index (χ0v) is 15.3. The maximum atomic E-state index is 12.7. The van der Waals surface area contributed by atoms with Crippen LogP contribution in [-0.2, 0) is 4.79 Å². The molecule has 0 atom stereocenters. The van der Waals surface area contributed by atoms with Gasteiger partial charge in [-0.25, -0.2) is 0 Å². The molecule has 25 heavy (non-hydrogen) atoms. The predicted molar refractivity (Wildman–Crippen MR) is 98.9 cm³/mol. The molecule has 0 saturated carbocycles. The number of aromatic nitrogens is 1. The van der Waals surface area contributed by atoms with Crippen LogP contribution in [0.4, 0.5) is 0 Å². The van der Waals surface area contributed by atoms with Gasteiger partial charge in [-0.2, -0.15) is 0 Å². The van der Waals surface area contributed by atoms with Gasteiger partial charge in [0.25, 0.3) is 5.91 Å². The summed E-state index contributed by atoms with van der Waals surface area (Å²) < 4.78 is 0. The molecule has 2 aromatic rings. The van der Waals surface area contributed by atoms with Crippen LogP contribution in [0.25, 0.3) is 10.9 Å². The lowest BCUT2D eigenvalue weighted by Crippen LogP contribution is -2.51. The SMILES string of the molecule is CC(C)NC(=O)CN1CCN(C(=O)c2cc3cc(Cl)ccc3[nH]2)CC1. The van der Waals surface area contributed by atoms with Gasteiger partial charge in [-0.1, -0.05) is 11.6 Å². The number of fused-ring (bicyclic) bond motifs is 1. The second kappa shape index (κ2) is 7.45. The van der Waals surface area contributed by atoms with Gasteiger partial charge in [0, 0.05) is 48.1 Å². The van der Waals surface area contributed by atoms with Gasteiger partial charge in [0.15, 0.2) is 0 Å². The third-order valence-corrected chi connectivity index (χ3v) is 4.52. The van der Waals surface area contributed by atoms with E-state index in [0.717, 1.165) is 10.9 Å². The summed E-state index contributed by atoms with van der Waals surface area (Å²) in [5.74, 6) is 0.0147. The highest BCUT2D eigenvalue weighted by Gasteiger charge is 2.24. The number of benzene rings is 1. The Morgan fingerprint density at radius 3 is 2.60 bits per heavy atom. The van der Waals surface area contributed by atoms with Crippen LogP contribution in [0.2, 0.25) is 5.02 Å². The van der Waals surface area contributed by atoms with Crippen molar-refractivity contribution in [3.8, 4) is 0 Å². The van der Waals surface area contributed by atoms with E-state index in [9.17, 15) is 9.59 Å². The van der Waals surface area contributed by atoms with E-state index in [1.54, 1.807) is 6.07 Å². The van der Waals surface area contributed by atoms with E-state index in [0.29, 0.717) is 43.4 Å². The van der Waals surface area contributed by atoms with Gasteiger partial charge in [0.2, 0.25) is 5.91 Å². The molecule has 1 aromatic heterocycles. The summed E-state index contributed by atoms with van der Waals surface area (Å²) in [6.07, 6.45) is 0. The summed E-state index contributed by atoms with van der Waals surface area (Å²) >= 11 is 6.00. The van der Waals surface area contributed by atoms with Crippen molar-refractivity contribution in [2.24, 2.45) is 0 Å². The lowest BCUT2D eigenvalue weighted by Gasteiger charge is -2.34. The second-order valence-electron chi connectivity index (χ2n) is 6.71. The number of rotatable bonds is 4. The Morgan fingerprint density at radius 1 is 1.20 bits per heavy atom. The third kappa shape index (κ3) is 4.32. The summed E-state index contributed by atoms with van der Waals surface area (Å²) in [6, 6.07) is 7.50. The summed E-state index contributed by atoms with van der Waals surface area (Å²) in [7, 11) is 0. The Bertz CT molecular complexity index is 778. The number of carbonyl (C=O) groups is 2. The summed E-state index contributed by atoms with van der Waals surface area (Å²) in [6.45, 7) is 6.90. The van der Waals surface area contributed by atoms with Crippen molar-refractivity contribution in [2.75, 3.05) is 32.7 Å². The van der Waals surface area contributed by atoms with E-state index in [2.05, 4.69) is 15.2 Å². The molecular weight excluding hydrogens is 340 g/mol. The quantitative estimate of drug-likeness (QED) is 0.875. The molecule has 1 aromatic carbocycles. The minimum absolute atomic E-state index is 0.0152. The molecule has 2 heterocycles. The van der Waals surface area contributed by atoms with Gasteiger partial charge in [-0.15, -0.1) is 0 Å². The van der Waals surface area contributed by atoms with Gasteiger partial charge in [0.1, 0.15) is 5.69 Å². The van der Waals surface area contributed by atoms with Gasteiger partial charge in [-0.3, -0.25) is 14.5 Å². The standard InChI is InChI=1S/C18H23ClN4O2/c1-12(2)20-17(24)11-22-5-7-23(8-6-22)18(25)16-10-13-9-14(19)3-4-15(13)21-16/h3-4,9-10,12,21H,5-8,11H2,1-2H3,(H,20,24). The minimum atomic E-state index is -0.0152. The van der Waals surface area contributed by atoms with Crippen LogP contribution in [0.3, 0.4) is 0 Å². The Kier molecular flexibility index (Phi) is 5.30. The normalized spacial score (nSPS) is 15.8. The van der Waals surface area contributed by atoms with Gasteiger partial charge < -0.3 is 15.2 Å². The number of H-pyrrole nitrogens is 1. The zero-order valence-electron chi connectivity index (χ0n) is 14.5. The summed E-state index contributed by atoms with van der Waals surface area (Å²) in [5, 5.41) is 4.47. The van der Waals surface area contributed by atoms with E-state index in [-0.39, 0.29) is 17.9 Å². The van der Waals surface area contributed by atoms with Crippen molar-refractivity contribution in [1.82, 2.24) is 20.1 Å². The maximum absolute atomic E-state index is 12.7. The first-order chi connectivity index (χ1) is 11.9. The average Bonchev–Trinajstić information content (AvgIpc) is 2.97. The van der Waals surface area contributed by atoms with E-state index in [4.69, 9.17) is 11.6 Å². The highest BCUT2D eigenvalue weighted by atomic mass is 35.5. The first kappa shape index (κ1) is 17.8. The molecule has 0 radical (unpaired) electrons. The third-order valence-electron chi connectivity index (χ3n) is 4.29. The summed E-state index contributed by atoms with van der Waals surface area (Å²) in [5.41, 5.74) is 1.47. The van der Waals surface area contributed by atoms with Crippen molar-refractivity contribution in [3.63, 3.8) is 0 Å². The van der Waals surface area contributed by atoms with E-state index in [1.165, 1.54) is 0 Å². The van der Waals surface area contributed by atoms with Crippen molar-refractivity contribution in [3.05, 3.63) is 35.0 Å². The smallest absolute Gasteiger partial charge is 0.270 e. The molecule has 1 aliphatic rings. The number of halogens is 1. The van der Waals surface area contributed by atoms with Gasteiger partial charge in [-0.05, 0) is 38.1 Å². The molecule has 2 N–H and O–H groups in total. The molecule has 1 fully saturated rings. The Labute approximate surface area is 152 Å². The molecule has 3 rings (SSSR count). The molecule has 0 aliphatic carbocycles. The van der Waals surface area contributed by atoms with Crippen LogP contribution in [0.5, 0.6) is 0 Å². The number of nitrogens with zero attached hydrogens (tertiary/aromatic N) is 2. The number of aromatic amines is 1. The monoisotopic (exact) mass is 362 g/mol. The zero-order chi connectivity index (χ0) is 18.0. The topological polar surface area (TPSA) is 68.4 Å². The fourth-order valence-corrected chi connectivity index (χ4v) is 3.25. The second-order valence-corrected chi connectivity index (χ2v) is 7.14. The van der Waals surface area contributed by atoms with E-state index >= 15 is 0 Å². The number of carbonyl (C=O) groups excluding carboxylic acids is 2. The van der Waals surface area contributed by atoms with Gasteiger partial charge in [0.05, 0.1) is 6.54 Å². The number of amides is 2. The van der Waals surface area contributed by atoms with Crippen LogP contribution in [0.1, 0.15) is 24.3 Å². The number of hydrogen-bond acceptors (Lipinski definition) is 3. The van der Waals surface area contributed by atoms with Crippen molar-refractivity contribution in [2.45, 2.75) is 19.9 Å². The predicted octanol–water partition coefficient (Wildman–Crippen LogP) is 2.10. The lowest BCUT2D eigenvalue weighted by atomic mass is 10.2. The van der Waals surface area contributed by atoms with E-state index in [1.807, 2.05) is 36.9 Å². The molecule has 1 saturated heterocycles. The molecule has 0 spiro atoms. The largest absolute Gasteiger partial charge is 0.353 e. The molecule has 6 nitrogen and oxygen atoms in total. The van der Waals surface area contributed by atoms with Crippen LogP contribution in [0, 0.1) is 0 Å². The van der Waals surface area contributed by atoms with Crippen LogP contribution < -0.4 is 5.32 Å². The lowest BCUT2D eigenvalue weighted by molar-refractivity contribution is -0.123. The number of nitrogens with one attached hydrogen (secondary N) is 2. The first-order valence-corrected chi connectivity index (χ1v) is 8.89. The molecule has 1 aliphatic heterocycles. The van der Waals surface area contributed by atoms with Crippen LogP contribution >= 0.6 is 11.6 Å². The molecule has 0 unspecified atom stereocenters. The first-order valence-electron chi connectivity index (χ1n) is 8.51. The average molecular weight is 363 g/mol. The number of piperazine rings is 1. The fraction of sp³-hybridized carbons (Fsp3) is 0.444. The Morgan fingerprint density at radius 2 is 1.92 bits per heavy atom. The van der Waals surface area contributed by atoms with E-state index < -0.39 is 0 Å².